The van der Waals surface area contributed by atoms with E-state index in [1.54, 1.807) is 36.5 Å². The number of pyridine rings is 1. The van der Waals surface area contributed by atoms with Crippen LogP contribution in [-0.2, 0) is 6.54 Å². The van der Waals surface area contributed by atoms with E-state index in [9.17, 15) is 4.39 Å². The Balaban J connectivity index is 2.08. The number of aromatic nitrogens is 1. The van der Waals surface area contributed by atoms with Crippen molar-refractivity contribution in [3.63, 3.8) is 0 Å². The van der Waals surface area contributed by atoms with Crippen molar-refractivity contribution in [1.29, 1.82) is 5.26 Å². The van der Waals surface area contributed by atoms with Crippen LogP contribution in [0.1, 0.15) is 11.3 Å². The van der Waals surface area contributed by atoms with Gasteiger partial charge in [-0.25, -0.2) is 9.37 Å². The number of nitrogens with zero attached hydrogens (tertiary/aromatic N) is 2. The van der Waals surface area contributed by atoms with Crippen LogP contribution in [0.5, 0.6) is 0 Å². The Morgan fingerprint density at radius 2 is 2.12 bits per heavy atom. The Morgan fingerprint density at radius 1 is 1.29 bits per heavy atom. The number of benzene rings is 1. The lowest BCUT2D eigenvalue weighted by Crippen LogP contribution is -2.02. The molecule has 0 aliphatic carbocycles. The maximum atomic E-state index is 13.3. The molecule has 0 aliphatic heterocycles. The van der Waals surface area contributed by atoms with Gasteiger partial charge in [-0.05, 0) is 18.2 Å². The summed E-state index contributed by atoms with van der Waals surface area (Å²) in [5.41, 5.74) is 1.67. The van der Waals surface area contributed by atoms with Gasteiger partial charge in [0.25, 0.3) is 0 Å². The van der Waals surface area contributed by atoms with Crippen LogP contribution in [-0.4, -0.2) is 4.98 Å². The molecule has 0 fully saturated rings. The Bertz CT molecular complexity index is 561. The molecule has 0 atom stereocenters. The number of halogens is 1. The molecular formula is C13H10FN3. The lowest BCUT2D eigenvalue weighted by atomic mass is 10.2. The molecule has 0 bridgehead atoms. The molecule has 1 aromatic carbocycles. The van der Waals surface area contributed by atoms with E-state index in [1.165, 1.54) is 6.07 Å². The molecule has 84 valence electrons. The van der Waals surface area contributed by atoms with E-state index in [0.29, 0.717) is 17.8 Å². The minimum Gasteiger partial charge on any atom is -0.381 e. The smallest absolute Gasteiger partial charge is 0.142 e. The summed E-state index contributed by atoms with van der Waals surface area (Å²) in [6, 6.07) is 11.9. The van der Waals surface area contributed by atoms with Crippen LogP contribution in [0, 0.1) is 17.1 Å². The molecule has 0 saturated heterocycles. The van der Waals surface area contributed by atoms with E-state index in [2.05, 4.69) is 10.3 Å². The van der Waals surface area contributed by atoms with Gasteiger partial charge >= 0.3 is 0 Å². The highest BCUT2D eigenvalue weighted by atomic mass is 19.1. The van der Waals surface area contributed by atoms with Gasteiger partial charge in [-0.3, -0.25) is 0 Å². The first-order valence-corrected chi connectivity index (χ1v) is 5.13. The Morgan fingerprint density at radius 3 is 2.88 bits per heavy atom. The normalized spacial score (nSPS) is 9.65. The highest BCUT2D eigenvalue weighted by molar-refractivity contribution is 5.46. The first kappa shape index (κ1) is 11.1. The van der Waals surface area contributed by atoms with E-state index in [-0.39, 0.29) is 5.82 Å². The standard InChI is InChI=1S/C13H10FN3/c14-13-4-2-1-3-10(13)9-17-11-5-6-16-12(7-11)8-15/h1-7H,9H2,(H,16,17). The SMILES string of the molecule is N#Cc1cc(NCc2ccccc2F)ccn1. The molecule has 2 rings (SSSR count). The van der Waals surface area contributed by atoms with E-state index >= 15 is 0 Å². The first-order valence-electron chi connectivity index (χ1n) is 5.13. The summed E-state index contributed by atoms with van der Waals surface area (Å²) >= 11 is 0. The topological polar surface area (TPSA) is 48.7 Å². The molecular weight excluding hydrogens is 217 g/mol. The van der Waals surface area contributed by atoms with Gasteiger partial charge in [0.2, 0.25) is 0 Å². The van der Waals surface area contributed by atoms with Gasteiger partial charge in [0.1, 0.15) is 17.6 Å². The summed E-state index contributed by atoms with van der Waals surface area (Å²) in [6.07, 6.45) is 1.54. The first-order chi connectivity index (χ1) is 8.29. The zero-order valence-electron chi connectivity index (χ0n) is 9.02. The largest absolute Gasteiger partial charge is 0.381 e. The van der Waals surface area contributed by atoms with Crippen molar-refractivity contribution < 1.29 is 4.39 Å². The zero-order valence-corrected chi connectivity index (χ0v) is 9.02. The Kier molecular flexibility index (Phi) is 3.31. The molecule has 0 spiro atoms. The number of hydrogen-bond acceptors (Lipinski definition) is 3. The second-order valence-electron chi connectivity index (χ2n) is 3.49. The molecule has 4 heteroatoms. The second-order valence-corrected chi connectivity index (χ2v) is 3.49. The summed E-state index contributed by atoms with van der Waals surface area (Å²) in [5.74, 6) is -0.241. The highest BCUT2D eigenvalue weighted by Gasteiger charge is 2.00. The molecule has 0 aliphatic rings. The van der Waals surface area contributed by atoms with Crippen LogP contribution >= 0.6 is 0 Å². The fourth-order valence-electron chi connectivity index (χ4n) is 1.44. The van der Waals surface area contributed by atoms with Gasteiger partial charge in [-0.15, -0.1) is 0 Å². The third kappa shape index (κ3) is 2.79. The molecule has 0 unspecified atom stereocenters. The third-order valence-corrected chi connectivity index (χ3v) is 2.32. The predicted octanol–water partition coefficient (Wildman–Crippen LogP) is 2.70. The van der Waals surface area contributed by atoms with E-state index in [0.717, 1.165) is 5.69 Å². The maximum absolute atomic E-state index is 13.3. The van der Waals surface area contributed by atoms with Crippen molar-refractivity contribution >= 4 is 5.69 Å². The average Bonchev–Trinajstić information content (AvgIpc) is 2.38. The van der Waals surface area contributed by atoms with Crippen LogP contribution in [0.2, 0.25) is 0 Å². The minimum absolute atomic E-state index is 0.241. The van der Waals surface area contributed by atoms with Crippen molar-refractivity contribution in [3.8, 4) is 6.07 Å². The van der Waals surface area contributed by atoms with Crippen LogP contribution < -0.4 is 5.32 Å². The summed E-state index contributed by atoms with van der Waals surface area (Å²) in [7, 11) is 0. The van der Waals surface area contributed by atoms with Crippen LogP contribution in [0.25, 0.3) is 0 Å². The summed E-state index contributed by atoms with van der Waals surface area (Å²) in [4.78, 5) is 3.86. The quantitative estimate of drug-likeness (QED) is 0.877. The van der Waals surface area contributed by atoms with Crippen molar-refractivity contribution in [2.24, 2.45) is 0 Å². The lowest BCUT2D eigenvalue weighted by molar-refractivity contribution is 0.613. The fraction of sp³-hybridized carbons (Fsp3) is 0.0769. The van der Waals surface area contributed by atoms with E-state index in [4.69, 9.17) is 5.26 Å². The molecule has 0 radical (unpaired) electrons. The maximum Gasteiger partial charge on any atom is 0.142 e. The Labute approximate surface area is 98.5 Å². The van der Waals surface area contributed by atoms with Gasteiger partial charge in [-0.2, -0.15) is 5.26 Å². The van der Waals surface area contributed by atoms with Gasteiger partial charge in [-0.1, -0.05) is 18.2 Å². The average molecular weight is 227 g/mol. The van der Waals surface area contributed by atoms with Gasteiger partial charge in [0, 0.05) is 24.0 Å². The third-order valence-electron chi connectivity index (χ3n) is 2.32. The number of nitrogens with one attached hydrogen (secondary N) is 1. The summed E-state index contributed by atoms with van der Waals surface area (Å²) in [5, 5.41) is 11.7. The predicted molar refractivity (Wildman–Crippen MR) is 62.7 cm³/mol. The Hall–Kier alpha value is -2.41. The zero-order chi connectivity index (χ0) is 12.1. The van der Waals surface area contributed by atoms with Crippen LogP contribution in [0.3, 0.4) is 0 Å². The van der Waals surface area contributed by atoms with E-state index in [1.807, 2.05) is 6.07 Å². The molecule has 0 amide bonds. The molecule has 3 nitrogen and oxygen atoms in total. The number of hydrogen-bond donors (Lipinski definition) is 1. The second kappa shape index (κ2) is 5.08. The number of nitriles is 1. The highest BCUT2D eigenvalue weighted by Crippen LogP contribution is 2.11. The molecule has 17 heavy (non-hydrogen) atoms. The van der Waals surface area contributed by atoms with Crippen LogP contribution in [0.4, 0.5) is 10.1 Å². The molecule has 2 aromatic rings. The molecule has 1 heterocycles. The summed E-state index contributed by atoms with van der Waals surface area (Å²) in [6.45, 7) is 0.377. The monoisotopic (exact) mass is 227 g/mol. The van der Waals surface area contributed by atoms with Gasteiger partial charge in [0.15, 0.2) is 0 Å². The van der Waals surface area contributed by atoms with Crippen molar-refractivity contribution in [3.05, 3.63) is 59.7 Å². The van der Waals surface area contributed by atoms with Crippen molar-refractivity contribution in [2.45, 2.75) is 6.54 Å². The number of rotatable bonds is 3. The fourth-order valence-corrected chi connectivity index (χ4v) is 1.44. The van der Waals surface area contributed by atoms with Gasteiger partial charge in [0.05, 0.1) is 0 Å². The van der Waals surface area contributed by atoms with Crippen molar-refractivity contribution in [1.82, 2.24) is 4.98 Å². The minimum atomic E-state index is -0.241. The lowest BCUT2D eigenvalue weighted by Gasteiger charge is -2.07. The molecule has 0 saturated carbocycles. The molecule has 1 aromatic heterocycles. The summed E-state index contributed by atoms with van der Waals surface area (Å²) < 4.78 is 13.3. The van der Waals surface area contributed by atoms with Crippen LogP contribution in [0.15, 0.2) is 42.6 Å². The number of anilines is 1. The van der Waals surface area contributed by atoms with E-state index < -0.39 is 0 Å². The van der Waals surface area contributed by atoms with Gasteiger partial charge < -0.3 is 5.32 Å². The molecule has 1 N–H and O–H groups in total. The van der Waals surface area contributed by atoms with Crippen molar-refractivity contribution in [2.75, 3.05) is 5.32 Å².